The predicted octanol–water partition coefficient (Wildman–Crippen LogP) is 5.69. The average molecular weight is 366 g/mol. The number of carbonyl (C=O) groups excluding carboxylic acids is 2. The fourth-order valence-corrected chi connectivity index (χ4v) is 3.94. The maximum atomic E-state index is 11.5. The van der Waals surface area contributed by atoms with Crippen LogP contribution < -0.4 is 0 Å². The van der Waals surface area contributed by atoms with Crippen molar-refractivity contribution >= 4 is 42.0 Å². The van der Waals surface area contributed by atoms with Crippen LogP contribution in [0.4, 0.5) is 9.59 Å². The van der Waals surface area contributed by atoms with Crippen molar-refractivity contribution in [3.05, 3.63) is 71.8 Å². The Morgan fingerprint density at radius 1 is 0.696 bits per heavy atom. The quantitative estimate of drug-likeness (QED) is 0.481. The SMILES string of the molecule is O=C(OCc1ccccc1)SSSC(=O)OCc1ccccc1. The van der Waals surface area contributed by atoms with Crippen LogP contribution in [0.15, 0.2) is 60.7 Å². The van der Waals surface area contributed by atoms with Crippen LogP contribution in [0.2, 0.25) is 0 Å². The minimum absolute atomic E-state index is 0.219. The van der Waals surface area contributed by atoms with Crippen LogP contribution in [0.3, 0.4) is 0 Å². The molecule has 0 saturated carbocycles. The summed E-state index contributed by atoms with van der Waals surface area (Å²) in [4.78, 5) is 23.1. The highest BCUT2D eigenvalue weighted by atomic mass is 33.5. The van der Waals surface area contributed by atoms with Gasteiger partial charge in [0.05, 0.1) is 0 Å². The summed E-state index contributed by atoms with van der Waals surface area (Å²) in [5.41, 5.74) is 1.84. The lowest BCUT2D eigenvalue weighted by Gasteiger charge is -2.04. The van der Waals surface area contributed by atoms with E-state index >= 15 is 0 Å². The van der Waals surface area contributed by atoms with Gasteiger partial charge >= 0.3 is 10.6 Å². The van der Waals surface area contributed by atoms with Crippen molar-refractivity contribution in [1.29, 1.82) is 0 Å². The Bertz CT molecular complexity index is 564. The zero-order valence-electron chi connectivity index (χ0n) is 12.0. The Hall–Kier alpha value is -1.57. The van der Waals surface area contributed by atoms with E-state index in [2.05, 4.69) is 0 Å². The summed E-state index contributed by atoms with van der Waals surface area (Å²) >= 11 is 0. The van der Waals surface area contributed by atoms with Gasteiger partial charge in [0.2, 0.25) is 0 Å². The molecule has 2 aromatic rings. The number of carbonyl (C=O) groups is 2. The minimum atomic E-state index is -0.442. The lowest BCUT2D eigenvalue weighted by Crippen LogP contribution is -1.97. The number of hydrogen-bond donors (Lipinski definition) is 0. The van der Waals surface area contributed by atoms with Gasteiger partial charge in [0.25, 0.3) is 0 Å². The predicted molar refractivity (Wildman–Crippen MR) is 96.0 cm³/mol. The molecule has 0 spiro atoms. The van der Waals surface area contributed by atoms with Gasteiger partial charge in [-0.1, -0.05) is 60.7 Å². The molecule has 0 N–H and O–H groups in total. The van der Waals surface area contributed by atoms with Gasteiger partial charge in [-0.2, -0.15) is 0 Å². The van der Waals surface area contributed by atoms with Crippen LogP contribution in [-0.4, -0.2) is 10.6 Å². The lowest BCUT2D eigenvalue weighted by molar-refractivity contribution is 0.168. The molecule has 0 fully saturated rings. The van der Waals surface area contributed by atoms with Crippen molar-refractivity contribution in [3.8, 4) is 0 Å². The van der Waals surface area contributed by atoms with E-state index in [1.54, 1.807) is 0 Å². The van der Waals surface area contributed by atoms with E-state index in [0.717, 1.165) is 42.5 Å². The normalized spacial score (nSPS) is 10.1. The molecule has 4 nitrogen and oxygen atoms in total. The number of rotatable bonds is 6. The Balaban J connectivity index is 1.57. The second kappa shape index (κ2) is 10.3. The monoisotopic (exact) mass is 366 g/mol. The number of hydrogen-bond acceptors (Lipinski definition) is 7. The highest BCUT2D eigenvalue weighted by Gasteiger charge is 2.10. The molecule has 0 bridgehead atoms. The van der Waals surface area contributed by atoms with E-state index in [4.69, 9.17) is 9.47 Å². The summed E-state index contributed by atoms with van der Waals surface area (Å²) in [7, 11) is 2.75. The smallest absolute Gasteiger partial charge is 0.379 e. The van der Waals surface area contributed by atoms with Crippen LogP contribution in [0.25, 0.3) is 0 Å². The fourth-order valence-electron chi connectivity index (χ4n) is 1.55. The molecule has 0 saturated heterocycles. The standard InChI is InChI=1S/C16H14O4S3/c17-15(19-11-13-7-3-1-4-8-13)21-23-22-16(18)20-12-14-9-5-2-6-10-14/h1-10H,11-12H2. The molecular weight excluding hydrogens is 352 g/mol. The molecule has 0 radical (unpaired) electrons. The summed E-state index contributed by atoms with van der Waals surface area (Å²) in [5.74, 6) is 0. The van der Waals surface area contributed by atoms with Crippen molar-refractivity contribution in [3.63, 3.8) is 0 Å². The van der Waals surface area contributed by atoms with Crippen LogP contribution in [-0.2, 0) is 22.7 Å². The fraction of sp³-hybridized carbons (Fsp3) is 0.125. The van der Waals surface area contributed by atoms with Gasteiger partial charge in [-0.05, 0) is 21.0 Å². The largest absolute Gasteiger partial charge is 0.452 e. The molecule has 0 amide bonds. The summed E-state index contributed by atoms with van der Waals surface area (Å²) in [5, 5.41) is -0.885. The second-order valence-corrected chi connectivity index (χ2v) is 8.05. The van der Waals surface area contributed by atoms with Gasteiger partial charge in [0.15, 0.2) is 0 Å². The molecule has 0 heterocycles. The van der Waals surface area contributed by atoms with Crippen molar-refractivity contribution in [1.82, 2.24) is 0 Å². The van der Waals surface area contributed by atoms with Gasteiger partial charge in [0, 0.05) is 21.6 Å². The van der Waals surface area contributed by atoms with Crippen LogP contribution in [0, 0.1) is 0 Å². The Kier molecular flexibility index (Phi) is 7.92. The van der Waals surface area contributed by atoms with E-state index in [1.165, 1.54) is 0 Å². The van der Waals surface area contributed by atoms with Crippen molar-refractivity contribution in [2.45, 2.75) is 13.2 Å². The lowest BCUT2D eigenvalue weighted by atomic mass is 10.2. The Labute approximate surface area is 146 Å². The highest BCUT2D eigenvalue weighted by molar-refractivity contribution is 9.14. The van der Waals surface area contributed by atoms with Gasteiger partial charge < -0.3 is 9.47 Å². The summed E-state index contributed by atoms with van der Waals surface area (Å²) < 4.78 is 10.2. The third-order valence-corrected chi connectivity index (χ3v) is 5.70. The molecule has 120 valence electrons. The highest BCUT2D eigenvalue weighted by Crippen LogP contribution is 2.37. The van der Waals surface area contributed by atoms with Gasteiger partial charge in [-0.25, -0.2) is 9.59 Å². The van der Waals surface area contributed by atoms with Crippen LogP contribution in [0.1, 0.15) is 11.1 Å². The van der Waals surface area contributed by atoms with Gasteiger partial charge in [0.1, 0.15) is 13.2 Å². The minimum Gasteiger partial charge on any atom is -0.452 e. The first kappa shape index (κ1) is 17.8. The molecule has 7 heteroatoms. The maximum Gasteiger partial charge on any atom is 0.379 e. The first-order valence-electron chi connectivity index (χ1n) is 6.66. The molecule has 2 aromatic carbocycles. The van der Waals surface area contributed by atoms with E-state index in [9.17, 15) is 9.59 Å². The van der Waals surface area contributed by atoms with E-state index < -0.39 is 10.6 Å². The Morgan fingerprint density at radius 2 is 1.09 bits per heavy atom. The topological polar surface area (TPSA) is 52.6 Å². The van der Waals surface area contributed by atoms with Crippen molar-refractivity contribution in [2.24, 2.45) is 0 Å². The third kappa shape index (κ3) is 7.49. The molecule has 0 unspecified atom stereocenters. The zero-order valence-corrected chi connectivity index (χ0v) is 14.5. The zero-order chi connectivity index (χ0) is 16.3. The first-order chi connectivity index (χ1) is 11.2. The first-order valence-corrected chi connectivity index (χ1v) is 10.1. The number of ether oxygens (including phenoxy) is 2. The Morgan fingerprint density at radius 3 is 1.48 bits per heavy atom. The summed E-state index contributed by atoms with van der Waals surface area (Å²) in [6.07, 6.45) is 0. The molecule has 0 aliphatic carbocycles. The maximum absolute atomic E-state index is 11.5. The van der Waals surface area contributed by atoms with Gasteiger partial charge in [-0.3, -0.25) is 0 Å². The molecule has 23 heavy (non-hydrogen) atoms. The van der Waals surface area contributed by atoms with Crippen LogP contribution >= 0.6 is 31.4 Å². The summed E-state index contributed by atoms with van der Waals surface area (Å²) in [6.45, 7) is 0.437. The summed E-state index contributed by atoms with van der Waals surface area (Å²) in [6, 6.07) is 18.8. The molecule has 0 atom stereocenters. The van der Waals surface area contributed by atoms with Crippen molar-refractivity contribution in [2.75, 3.05) is 0 Å². The van der Waals surface area contributed by atoms with E-state index in [1.807, 2.05) is 60.7 Å². The third-order valence-electron chi connectivity index (χ3n) is 2.60. The average Bonchev–Trinajstić information content (AvgIpc) is 2.60. The molecule has 0 aliphatic heterocycles. The second-order valence-electron chi connectivity index (χ2n) is 4.28. The van der Waals surface area contributed by atoms with E-state index in [-0.39, 0.29) is 13.2 Å². The molecule has 0 aromatic heterocycles. The molecular formula is C16H14O4S3. The van der Waals surface area contributed by atoms with E-state index in [0.29, 0.717) is 0 Å². The molecule has 2 rings (SSSR count). The number of benzene rings is 2. The molecule has 0 aliphatic rings. The van der Waals surface area contributed by atoms with Crippen LogP contribution in [0.5, 0.6) is 0 Å². The van der Waals surface area contributed by atoms with Gasteiger partial charge in [-0.15, -0.1) is 0 Å². The van der Waals surface area contributed by atoms with Crippen molar-refractivity contribution < 1.29 is 19.1 Å².